The Labute approximate surface area is 98.1 Å². The lowest BCUT2D eigenvalue weighted by Gasteiger charge is -2.26. The van der Waals surface area contributed by atoms with Gasteiger partial charge in [-0.2, -0.15) is 0 Å². The summed E-state index contributed by atoms with van der Waals surface area (Å²) in [5.74, 6) is 0.482. The molecule has 0 radical (unpaired) electrons. The standard InChI is InChI=1S/C11H12N2O4/c1-13-8-5-7(12-11(15)16-2)3-4-9(8)17-6-10(13)14/h3-5H,6H2,1-2H3,(H,12,15). The molecule has 2 rings (SSSR count). The van der Waals surface area contributed by atoms with Gasteiger partial charge in [0.05, 0.1) is 12.8 Å². The first-order valence-electron chi connectivity index (χ1n) is 5.00. The highest BCUT2D eigenvalue weighted by Gasteiger charge is 2.22. The van der Waals surface area contributed by atoms with E-state index in [4.69, 9.17) is 4.74 Å². The maximum absolute atomic E-state index is 11.4. The van der Waals surface area contributed by atoms with E-state index < -0.39 is 6.09 Å². The monoisotopic (exact) mass is 236 g/mol. The summed E-state index contributed by atoms with van der Waals surface area (Å²) in [6, 6.07) is 5.03. The molecule has 17 heavy (non-hydrogen) atoms. The molecular weight excluding hydrogens is 224 g/mol. The van der Waals surface area contributed by atoms with E-state index in [1.54, 1.807) is 25.2 Å². The van der Waals surface area contributed by atoms with Crippen LogP contribution in [0.25, 0.3) is 0 Å². The zero-order valence-electron chi connectivity index (χ0n) is 9.52. The Morgan fingerprint density at radius 3 is 3.00 bits per heavy atom. The number of amides is 2. The van der Waals surface area contributed by atoms with Crippen LogP contribution in [0.4, 0.5) is 16.2 Å². The molecule has 90 valence electrons. The van der Waals surface area contributed by atoms with Crippen LogP contribution in [0, 0.1) is 0 Å². The van der Waals surface area contributed by atoms with Gasteiger partial charge in [-0.25, -0.2) is 4.79 Å². The number of rotatable bonds is 1. The second-order valence-electron chi connectivity index (χ2n) is 3.54. The normalized spacial score (nSPS) is 13.8. The second-order valence-corrected chi connectivity index (χ2v) is 3.54. The topological polar surface area (TPSA) is 67.9 Å². The van der Waals surface area contributed by atoms with Crippen molar-refractivity contribution >= 4 is 23.4 Å². The van der Waals surface area contributed by atoms with E-state index in [2.05, 4.69) is 10.1 Å². The van der Waals surface area contributed by atoms with Crippen LogP contribution >= 0.6 is 0 Å². The Kier molecular flexibility index (Phi) is 2.86. The number of methoxy groups -OCH3 is 1. The molecule has 0 saturated heterocycles. The number of likely N-dealkylation sites (N-methyl/N-ethyl adjacent to an activating group) is 1. The van der Waals surface area contributed by atoms with Crippen LogP contribution in [0.5, 0.6) is 5.75 Å². The molecule has 0 spiro atoms. The van der Waals surface area contributed by atoms with E-state index in [-0.39, 0.29) is 12.5 Å². The van der Waals surface area contributed by atoms with Gasteiger partial charge in [0.1, 0.15) is 5.75 Å². The fourth-order valence-corrected chi connectivity index (χ4v) is 1.52. The van der Waals surface area contributed by atoms with Crippen LogP contribution in [0.1, 0.15) is 0 Å². The summed E-state index contributed by atoms with van der Waals surface area (Å²) in [5, 5.41) is 2.52. The summed E-state index contributed by atoms with van der Waals surface area (Å²) in [6.07, 6.45) is -0.560. The van der Waals surface area contributed by atoms with Crippen LogP contribution in [-0.4, -0.2) is 32.8 Å². The second kappa shape index (κ2) is 4.32. The van der Waals surface area contributed by atoms with Crippen LogP contribution in [0.3, 0.4) is 0 Å². The zero-order valence-corrected chi connectivity index (χ0v) is 9.52. The zero-order chi connectivity index (χ0) is 12.4. The van der Waals surface area contributed by atoms with Crippen molar-refractivity contribution in [1.29, 1.82) is 0 Å². The minimum Gasteiger partial charge on any atom is -0.482 e. The van der Waals surface area contributed by atoms with Crippen molar-refractivity contribution in [2.45, 2.75) is 0 Å². The van der Waals surface area contributed by atoms with Gasteiger partial charge >= 0.3 is 6.09 Å². The Hall–Kier alpha value is -2.24. The average Bonchev–Trinajstić information content (AvgIpc) is 2.34. The van der Waals surface area contributed by atoms with E-state index in [1.165, 1.54) is 12.0 Å². The third kappa shape index (κ3) is 2.15. The molecule has 1 heterocycles. The van der Waals surface area contributed by atoms with Crippen LogP contribution in [0.2, 0.25) is 0 Å². The third-order valence-corrected chi connectivity index (χ3v) is 2.48. The van der Waals surface area contributed by atoms with Crippen molar-refractivity contribution < 1.29 is 19.1 Å². The molecular formula is C11H12N2O4. The van der Waals surface area contributed by atoms with Crippen molar-refractivity contribution in [2.75, 3.05) is 31.0 Å². The lowest BCUT2D eigenvalue weighted by atomic mass is 10.2. The van der Waals surface area contributed by atoms with Gasteiger partial charge < -0.3 is 14.4 Å². The van der Waals surface area contributed by atoms with E-state index in [0.717, 1.165) is 0 Å². The van der Waals surface area contributed by atoms with Crippen molar-refractivity contribution in [3.63, 3.8) is 0 Å². The smallest absolute Gasteiger partial charge is 0.411 e. The Morgan fingerprint density at radius 1 is 1.53 bits per heavy atom. The number of nitrogens with one attached hydrogen (secondary N) is 1. The minimum atomic E-state index is -0.560. The number of anilines is 2. The number of ether oxygens (including phenoxy) is 2. The van der Waals surface area contributed by atoms with Gasteiger partial charge in [-0.15, -0.1) is 0 Å². The highest BCUT2D eigenvalue weighted by atomic mass is 16.5. The Morgan fingerprint density at radius 2 is 2.29 bits per heavy atom. The largest absolute Gasteiger partial charge is 0.482 e. The predicted octanol–water partition coefficient (Wildman–Crippen LogP) is 1.22. The molecule has 6 nitrogen and oxygen atoms in total. The predicted molar refractivity (Wildman–Crippen MR) is 61.4 cm³/mol. The average molecular weight is 236 g/mol. The lowest BCUT2D eigenvalue weighted by Crippen LogP contribution is -2.35. The molecule has 6 heteroatoms. The van der Waals surface area contributed by atoms with Gasteiger partial charge in [0.15, 0.2) is 6.61 Å². The van der Waals surface area contributed by atoms with Gasteiger partial charge in [-0.3, -0.25) is 10.1 Å². The van der Waals surface area contributed by atoms with Gasteiger partial charge in [-0.05, 0) is 18.2 Å². The van der Waals surface area contributed by atoms with E-state index >= 15 is 0 Å². The number of carbonyl (C=O) groups excluding carboxylic acids is 2. The number of hydrogen-bond donors (Lipinski definition) is 1. The summed E-state index contributed by atoms with van der Waals surface area (Å²) < 4.78 is 9.74. The van der Waals surface area contributed by atoms with Gasteiger partial charge in [0.2, 0.25) is 0 Å². The fourth-order valence-electron chi connectivity index (χ4n) is 1.52. The SMILES string of the molecule is COC(=O)Nc1ccc2c(c1)N(C)C(=O)CO2. The third-order valence-electron chi connectivity index (χ3n) is 2.48. The first kappa shape index (κ1) is 11.3. The molecule has 1 aliphatic rings. The van der Waals surface area contributed by atoms with Crippen molar-refractivity contribution in [1.82, 2.24) is 0 Å². The fraction of sp³-hybridized carbons (Fsp3) is 0.273. The van der Waals surface area contributed by atoms with Crippen molar-refractivity contribution in [3.05, 3.63) is 18.2 Å². The molecule has 0 saturated carbocycles. The molecule has 1 aromatic rings. The molecule has 0 atom stereocenters. The van der Waals surface area contributed by atoms with E-state index in [0.29, 0.717) is 17.1 Å². The number of benzene rings is 1. The number of nitrogens with zero attached hydrogens (tertiary/aromatic N) is 1. The first-order chi connectivity index (χ1) is 8.11. The minimum absolute atomic E-state index is 0.0350. The molecule has 0 aliphatic carbocycles. The molecule has 1 aromatic carbocycles. The van der Waals surface area contributed by atoms with E-state index in [9.17, 15) is 9.59 Å². The van der Waals surface area contributed by atoms with Crippen LogP contribution in [-0.2, 0) is 9.53 Å². The Balaban J connectivity index is 2.29. The van der Waals surface area contributed by atoms with E-state index in [1.807, 2.05) is 0 Å². The molecule has 0 fully saturated rings. The number of carbonyl (C=O) groups is 2. The van der Waals surface area contributed by atoms with Crippen LogP contribution in [0.15, 0.2) is 18.2 Å². The highest BCUT2D eigenvalue weighted by Crippen LogP contribution is 2.33. The quantitative estimate of drug-likeness (QED) is 0.796. The summed E-state index contributed by atoms with van der Waals surface area (Å²) in [4.78, 5) is 24.0. The van der Waals surface area contributed by atoms with Crippen LogP contribution < -0.4 is 15.0 Å². The molecule has 0 aromatic heterocycles. The summed E-state index contributed by atoms with van der Waals surface area (Å²) in [5.41, 5.74) is 1.16. The Bertz CT molecular complexity index is 473. The lowest BCUT2D eigenvalue weighted by molar-refractivity contribution is -0.120. The highest BCUT2D eigenvalue weighted by molar-refractivity contribution is 5.98. The molecule has 0 unspecified atom stereocenters. The number of hydrogen-bond acceptors (Lipinski definition) is 4. The van der Waals surface area contributed by atoms with Crippen molar-refractivity contribution in [3.8, 4) is 5.75 Å². The molecule has 1 N–H and O–H groups in total. The maximum Gasteiger partial charge on any atom is 0.411 e. The summed E-state index contributed by atoms with van der Waals surface area (Å²) in [7, 11) is 2.94. The molecule has 1 aliphatic heterocycles. The summed E-state index contributed by atoms with van der Waals surface area (Å²) in [6.45, 7) is 0.0350. The van der Waals surface area contributed by atoms with Crippen molar-refractivity contribution in [2.24, 2.45) is 0 Å². The first-order valence-corrected chi connectivity index (χ1v) is 5.00. The number of fused-ring (bicyclic) bond motifs is 1. The molecule has 2 amide bonds. The van der Waals surface area contributed by atoms with Gasteiger partial charge in [-0.1, -0.05) is 0 Å². The molecule has 0 bridgehead atoms. The maximum atomic E-state index is 11.4. The summed E-state index contributed by atoms with van der Waals surface area (Å²) >= 11 is 0. The van der Waals surface area contributed by atoms with Gasteiger partial charge in [0.25, 0.3) is 5.91 Å². The van der Waals surface area contributed by atoms with Gasteiger partial charge in [0, 0.05) is 12.7 Å².